The van der Waals surface area contributed by atoms with Gasteiger partial charge in [0.25, 0.3) is 11.6 Å². The number of aromatic nitrogens is 1. The molecule has 9 nitrogen and oxygen atoms in total. The van der Waals surface area contributed by atoms with Crippen LogP contribution in [0.5, 0.6) is 0 Å². The minimum atomic E-state index is -0.656. The van der Waals surface area contributed by atoms with Crippen LogP contribution in [0.15, 0.2) is 52.5 Å². The summed E-state index contributed by atoms with van der Waals surface area (Å²) in [6.45, 7) is 0. The maximum atomic E-state index is 12.0. The van der Waals surface area contributed by atoms with Gasteiger partial charge in [-0.2, -0.15) is 0 Å². The summed E-state index contributed by atoms with van der Waals surface area (Å²) >= 11 is 1.34. The number of amides is 2. The summed E-state index contributed by atoms with van der Waals surface area (Å²) in [5.74, 6) is -0.516. The van der Waals surface area contributed by atoms with E-state index in [-0.39, 0.29) is 17.7 Å². The normalized spacial score (nSPS) is 10.3. The van der Waals surface area contributed by atoms with Gasteiger partial charge in [-0.15, -0.1) is 11.3 Å². The SMILES string of the molecule is O=C(Cc1csc(-c2ccco2)n1)NNC(=O)c1cccc([N+](=O)[O-])c1. The molecule has 26 heavy (non-hydrogen) atoms. The van der Waals surface area contributed by atoms with Gasteiger partial charge in [0.1, 0.15) is 0 Å². The van der Waals surface area contributed by atoms with E-state index in [9.17, 15) is 19.7 Å². The average Bonchev–Trinajstić information content (AvgIpc) is 3.31. The zero-order valence-corrected chi connectivity index (χ0v) is 14.0. The number of carbonyl (C=O) groups is 2. The Hall–Kier alpha value is -3.53. The van der Waals surface area contributed by atoms with Crippen molar-refractivity contribution < 1.29 is 18.9 Å². The fourth-order valence-electron chi connectivity index (χ4n) is 2.07. The van der Waals surface area contributed by atoms with Crippen LogP contribution in [0.2, 0.25) is 0 Å². The Morgan fingerprint density at radius 3 is 2.81 bits per heavy atom. The molecule has 3 rings (SSSR count). The Labute approximate surface area is 150 Å². The number of non-ortho nitro benzene ring substituents is 1. The topological polar surface area (TPSA) is 127 Å². The zero-order valence-electron chi connectivity index (χ0n) is 13.2. The number of furan rings is 1. The van der Waals surface area contributed by atoms with Crippen LogP contribution >= 0.6 is 11.3 Å². The molecule has 0 spiro atoms. The molecular weight excluding hydrogens is 360 g/mol. The fourth-order valence-corrected chi connectivity index (χ4v) is 2.86. The molecule has 0 saturated heterocycles. The molecule has 0 radical (unpaired) electrons. The Balaban J connectivity index is 1.55. The predicted octanol–water partition coefficient (Wildman–Crippen LogP) is 2.31. The van der Waals surface area contributed by atoms with Gasteiger partial charge in [0, 0.05) is 23.1 Å². The number of nitrogens with zero attached hydrogens (tertiary/aromatic N) is 2. The van der Waals surface area contributed by atoms with Gasteiger partial charge in [0.05, 0.1) is 23.3 Å². The third-order valence-electron chi connectivity index (χ3n) is 3.26. The van der Waals surface area contributed by atoms with Gasteiger partial charge < -0.3 is 4.42 Å². The van der Waals surface area contributed by atoms with E-state index in [0.717, 1.165) is 6.07 Å². The number of nitro benzene ring substituents is 1. The van der Waals surface area contributed by atoms with Crippen molar-refractivity contribution in [2.45, 2.75) is 6.42 Å². The summed E-state index contributed by atoms with van der Waals surface area (Å²) in [4.78, 5) is 38.3. The molecule has 0 aliphatic heterocycles. The number of thiazole rings is 1. The Kier molecular flexibility index (Phi) is 5.04. The number of hydrogen-bond donors (Lipinski definition) is 2. The first-order valence-corrected chi connectivity index (χ1v) is 8.23. The van der Waals surface area contributed by atoms with E-state index in [4.69, 9.17) is 4.42 Å². The number of nitro groups is 1. The van der Waals surface area contributed by atoms with Crippen molar-refractivity contribution >= 4 is 28.8 Å². The zero-order chi connectivity index (χ0) is 18.5. The summed E-state index contributed by atoms with van der Waals surface area (Å²) in [6.07, 6.45) is 1.50. The highest BCUT2D eigenvalue weighted by molar-refractivity contribution is 7.13. The van der Waals surface area contributed by atoms with Gasteiger partial charge in [-0.25, -0.2) is 4.98 Å². The lowest BCUT2D eigenvalue weighted by molar-refractivity contribution is -0.384. The number of rotatable bonds is 5. The van der Waals surface area contributed by atoms with Gasteiger partial charge in [0.15, 0.2) is 10.8 Å². The summed E-state index contributed by atoms with van der Waals surface area (Å²) in [7, 11) is 0. The Morgan fingerprint density at radius 1 is 1.23 bits per heavy atom. The van der Waals surface area contributed by atoms with Gasteiger partial charge in [0.2, 0.25) is 5.91 Å². The molecule has 10 heteroatoms. The van der Waals surface area contributed by atoms with Crippen molar-refractivity contribution in [2.75, 3.05) is 0 Å². The molecule has 0 aliphatic rings. The molecule has 0 fully saturated rings. The summed E-state index contributed by atoms with van der Waals surface area (Å²) in [5.41, 5.74) is 4.85. The lowest BCUT2D eigenvalue weighted by atomic mass is 10.2. The largest absolute Gasteiger partial charge is 0.462 e. The first-order chi connectivity index (χ1) is 12.5. The predicted molar refractivity (Wildman–Crippen MR) is 92.2 cm³/mol. The van der Waals surface area contributed by atoms with Crippen molar-refractivity contribution in [2.24, 2.45) is 0 Å². The summed E-state index contributed by atoms with van der Waals surface area (Å²) in [5, 5.41) is 13.1. The van der Waals surface area contributed by atoms with Crippen LogP contribution in [0, 0.1) is 10.1 Å². The van der Waals surface area contributed by atoms with Crippen molar-refractivity contribution in [3.05, 3.63) is 69.4 Å². The third kappa shape index (κ3) is 4.11. The van der Waals surface area contributed by atoms with E-state index < -0.39 is 16.7 Å². The molecule has 0 aliphatic carbocycles. The van der Waals surface area contributed by atoms with E-state index in [1.807, 2.05) is 0 Å². The maximum absolute atomic E-state index is 12.0. The standard InChI is InChI=1S/C16H12N4O5S/c21-14(8-11-9-26-16(17-11)13-5-2-6-25-13)18-19-15(22)10-3-1-4-12(7-10)20(23)24/h1-7,9H,8H2,(H,18,21)(H,19,22). The molecule has 3 aromatic rings. The average molecular weight is 372 g/mol. The van der Waals surface area contributed by atoms with Gasteiger partial charge >= 0.3 is 0 Å². The highest BCUT2D eigenvalue weighted by atomic mass is 32.1. The molecule has 2 N–H and O–H groups in total. The van der Waals surface area contributed by atoms with Crippen LogP contribution in [-0.2, 0) is 11.2 Å². The number of benzene rings is 1. The number of hydrazine groups is 1. The van der Waals surface area contributed by atoms with Crippen LogP contribution < -0.4 is 10.9 Å². The van der Waals surface area contributed by atoms with Crippen molar-refractivity contribution in [1.29, 1.82) is 0 Å². The van der Waals surface area contributed by atoms with E-state index in [0.29, 0.717) is 16.5 Å². The van der Waals surface area contributed by atoms with Crippen LogP contribution in [0.3, 0.4) is 0 Å². The highest BCUT2D eigenvalue weighted by Crippen LogP contribution is 2.24. The lowest BCUT2D eigenvalue weighted by Crippen LogP contribution is -2.42. The van der Waals surface area contributed by atoms with E-state index in [2.05, 4.69) is 15.8 Å². The first kappa shape index (κ1) is 17.3. The minimum absolute atomic E-state index is 0.0353. The van der Waals surface area contributed by atoms with Gasteiger partial charge in [-0.1, -0.05) is 6.07 Å². The summed E-state index contributed by atoms with van der Waals surface area (Å²) in [6, 6.07) is 8.70. The second kappa shape index (κ2) is 7.57. The number of nitrogens with one attached hydrogen (secondary N) is 2. The monoisotopic (exact) mass is 372 g/mol. The Morgan fingerprint density at radius 2 is 2.08 bits per heavy atom. The van der Waals surface area contributed by atoms with Crippen molar-refractivity contribution in [3.63, 3.8) is 0 Å². The number of hydrogen-bond acceptors (Lipinski definition) is 7. The molecule has 0 atom stereocenters. The van der Waals surface area contributed by atoms with E-state index in [1.165, 1.54) is 35.8 Å². The second-order valence-electron chi connectivity index (χ2n) is 5.11. The van der Waals surface area contributed by atoms with Crippen LogP contribution in [0.25, 0.3) is 10.8 Å². The van der Waals surface area contributed by atoms with Gasteiger partial charge in [-0.05, 0) is 18.2 Å². The Bertz CT molecular complexity index is 951. The quantitative estimate of drug-likeness (QED) is 0.522. The molecule has 0 unspecified atom stereocenters. The smallest absolute Gasteiger partial charge is 0.270 e. The van der Waals surface area contributed by atoms with Crippen molar-refractivity contribution in [1.82, 2.24) is 15.8 Å². The highest BCUT2D eigenvalue weighted by Gasteiger charge is 2.14. The minimum Gasteiger partial charge on any atom is -0.462 e. The van der Waals surface area contributed by atoms with Crippen molar-refractivity contribution in [3.8, 4) is 10.8 Å². The third-order valence-corrected chi connectivity index (χ3v) is 4.17. The second-order valence-corrected chi connectivity index (χ2v) is 5.97. The summed E-state index contributed by atoms with van der Waals surface area (Å²) < 4.78 is 5.23. The molecule has 2 amide bonds. The molecule has 2 aromatic heterocycles. The first-order valence-electron chi connectivity index (χ1n) is 7.35. The van der Waals surface area contributed by atoms with E-state index >= 15 is 0 Å². The lowest BCUT2D eigenvalue weighted by Gasteiger charge is -2.06. The fraction of sp³-hybridized carbons (Fsp3) is 0.0625. The molecule has 0 bridgehead atoms. The molecular formula is C16H12N4O5S. The molecule has 1 aromatic carbocycles. The van der Waals surface area contributed by atoms with E-state index in [1.54, 1.807) is 17.5 Å². The molecule has 2 heterocycles. The van der Waals surface area contributed by atoms with Crippen LogP contribution in [0.1, 0.15) is 16.1 Å². The maximum Gasteiger partial charge on any atom is 0.270 e. The molecule has 0 saturated carbocycles. The van der Waals surface area contributed by atoms with Gasteiger partial charge in [-0.3, -0.25) is 30.6 Å². The molecule has 132 valence electrons. The van der Waals surface area contributed by atoms with Crippen LogP contribution in [-0.4, -0.2) is 21.7 Å². The number of carbonyl (C=O) groups excluding carboxylic acids is 2. The van der Waals surface area contributed by atoms with Crippen LogP contribution in [0.4, 0.5) is 5.69 Å².